The summed E-state index contributed by atoms with van der Waals surface area (Å²) in [5, 5.41) is 20.7. The van der Waals surface area contributed by atoms with Gasteiger partial charge < -0.3 is 24.5 Å². The lowest BCUT2D eigenvalue weighted by atomic mass is 9.91. The molecule has 14 heteroatoms. The van der Waals surface area contributed by atoms with Gasteiger partial charge in [0.15, 0.2) is 34.7 Å². The molecule has 2 N–H and O–H groups in total. The monoisotopic (exact) mass is 710 g/mol. The number of benzene rings is 4. The Labute approximate surface area is 288 Å². The van der Waals surface area contributed by atoms with E-state index < -0.39 is 46.8 Å². The molecule has 0 spiro atoms. The van der Waals surface area contributed by atoms with Crippen molar-refractivity contribution in [2.45, 2.75) is 43.7 Å². The van der Waals surface area contributed by atoms with E-state index in [2.05, 4.69) is 22.4 Å². The molecule has 4 atom stereocenters. The van der Waals surface area contributed by atoms with Gasteiger partial charge in [0.25, 0.3) is 5.91 Å². The molecule has 6 rings (SSSR count). The molecule has 4 aromatic carbocycles. The quantitative estimate of drug-likeness (QED) is 0.0686. The van der Waals surface area contributed by atoms with Crippen molar-refractivity contribution in [3.05, 3.63) is 136 Å². The summed E-state index contributed by atoms with van der Waals surface area (Å²) in [6.07, 6.45) is 0.306. The Bertz CT molecular complexity index is 1980. The number of aryl methyl sites for hydroxylation is 1. The summed E-state index contributed by atoms with van der Waals surface area (Å²) in [5.74, 6) is -12.1. The summed E-state index contributed by atoms with van der Waals surface area (Å²) in [6, 6.07) is 22.0. The first-order chi connectivity index (χ1) is 24.0. The van der Waals surface area contributed by atoms with E-state index in [9.17, 15) is 31.9 Å². The second-order valence-electron chi connectivity index (χ2n) is 11.8. The van der Waals surface area contributed by atoms with Gasteiger partial charge in [-0.15, -0.1) is 10.2 Å². The van der Waals surface area contributed by atoms with Crippen molar-refractivity contribution in [2.75, 3.05) is 5.75 Å². The number of carbonyl (C=O) groups is 1. The Balaban J connectivity index is 1.22. The molecule has 50 heavy (non-hydrogen) atoms. The Hall–Kier alpha value is -4.63. The van der Waals surface area contributed by atoms with Gasteiger partial charge in [-0.25, -0.2) is 22.0 Å². The lowest BCUT2D eigenvalue weighted by molar-refractivity contribution is -0.268. The first kappa shape index (κ1) is 35.2. The number of halogens is 5. The molecule has 0 bridgehead atoms. The Morgan fingerprint density at radius 2 is 1.52 bits per heavy atom. The van der Waals surface area contributed by atoms with Crippen molar-refractivity contribution in [3.8, 4) is 11.1 Å². The maximum absolute atomic E-state index is 14.2. The van der Waals surface area contributed by atoms with Crippen LogP contribution in [0.2, 0.25) is 0 Å². The number of aliphatic hydroxyl groups is 1. The SMILES string of the molecule is C[C@H]1[C@@H](CSc2nncn2C)O[C@@H](c2cccc(-c3cccc(CNC(=O)c4c(F)c(F)c(F)c(F)c4F)c3)c2)O[C@H]1c1ccc(CO)cc1. The molecule has 8 nitrogen and oxygen atoms in total. The molecule has 1 saturated heterocycles. The van der Waals surface area contributed by atoms with E-state index in [1.54, 1.807) is 24.5 Å². The van der Waals surface area contributed by atoms with Crippen LogP contribution in [-0.4, -0.2) is 37.6 Å². The number of hydrogen-bond donors (Lipinski definition) is 2. The number of carbonyl (C=O) groups excluding carboxylic acids is 1. The molecule has 1 amide bonds. The normalized spacial score (nSPS) is 19.0. The maximum atomic E-state index is 14.2. The minimum absolute atomic E-state index is 0.0492. The average Bonchev–Trinajstić information content (AvgIpc) is 3.56. The summed E-state index contributed by atoms with van der Waals surface area (Å²) < 4.78 is 84.0. The minimum Gasteiger partial charge on any atom is -0.392 e. The van der Waals surface area contributed by atoms with Gasteiger partial charge in [-0.1, -0.05) is 79.3 Å². The minimum atomic E-state index is -2.34. The van der Waals surface area contributed by atoms with Crippen molar-refractivity contribution >= 4 is 17.7 Å². The molecule has 1 aliphatic heterocycles. The summed E-state index contributed by atoms with van der Waals surface area (Å²) >= 11 is 1.53. The number of aromatic nitrogens is 3. The van der Waals surface area contributed by atoms with Crippen LogP contribution in [0, 0.1) is 35.0 Å². The lowest BCUT2D eigenvalue weighted by Gasteiger charge is -2.41. The van der Waals surface area contributed by atoms with Gasteiger partial charge in [0, 0.05) is 30.8 Å². The fourth-order valence-electron chi connectivity index (χ4n) is 5.67. The fourth-order valence-corrected chi connectivity index (χ4v) is 6.72. The van der Waals surface area contributed by atoms with Gasteiger partial charge >= 0.3 is 0 Å². The van der Waals surface area contributed by atoms with E-state index in [0.717, 1.165) is 33.0 Å². The predicted octanol–water partition coefficient (Wildman–Crippen LogP) is 7.18. The van der Waals surface area contributed by atoms with Crippen molar-refractivity contribution < 1.29 is 41.3 Å². The Kier molecular flexibility index (Phi) is 10.6. The standard InChI is InChI=1S/C36H31F5N4O4S/c1-19-26(17-50-36-44-43-18-45(36)2)48-35(49-33(19)22-11-9-20(16-46)10-12-22)25-8-4-7-24(14-25)23-6-3-5-21(13-23)15-42-34(47)27-28(37)30(39)32(41)31(40)29(27)38/h3-14,18-19,26,33,35,46H,15-17H2,1-2H3,(H,42,47)/t19-,26+,33+,35+/m0/s1. The molecule has 0 saturated carbocycles. The molecule has 0 radical (unpaired) electrons. The van der Waals surface area contributed by atoms with Gasteiger partial charge in [0.1, 0.15) is 11.9 Å². The Morgan fingerprint density at radius 3 is 2.18 bits per heavy atom. The average molecular weight is 711 g/mol. The topological polar surface area (TPSA) is 98.5 Å². The molecule has 0 aliphatic carbocycles. The van der Waals surface area contributed by atoms with Gasteiger partial charge in [-0.3, -0.25) is 4.79 Å². The van der Waals surface area contributed by atoms with Crippen LogP contribution in [0.3, 0.4) is 0 Å². The van der Waals surface area contributed by atoms with Crippen LogP contribution in [0.25, 0.3) is 11.1 Å². The van der Waals surface area contributed by atoms with E-state index >= 15 is 0 Å². The molecule has 2 heterocycles. The lowest BCUT2D eigenvalue weighted by Crippen LogP contribution is -2.38. The van der Waals surface area contributed by atoms with Gasteiger partial charge in [0.2, 0.25) is 5.82 Å². The van der Waals surface area contributed by atoms with Gasteiger partial charge in [-0.2, -0.15) is 0 Å². The zero-order valence-electron chi connectivity index (χ0n) is 26.7. The molecule has 5 aromatic rings. The molecular formula is C36H31F5N4O4S. The number of aliphatic hydroxyl groups excluding tert-OH is 1. The maximum Gasteiger partial charge on any atom is 0.257 e. The molecule has 260 valence electrons. The van der Waals surface area contributed by atoms with E-state index in [1.807, 2.05) is 66.2 Å². The van der Waals surface area contributed by atoms with Crippen LogP contribution in [-0.2, 0) is 29.7 Å². The van der Waals surface area contributed by atoms with E-state index in [4.69, 9.17) is 9.47 Å². The second kappa shape index (κ2) is 15.1. The summed E-state index contributed by atoms with van der Waals surface area (Å²) in [7, 11) is 1.87. The third kappa shape index (κ3) is 7.29. The number of thioether (sulfide) groups is 1. The van der Waals surface area contributed by atoms with E-state index in [-0.39, 0.29) is 31.3 Å². The first-order valence-corrected chi connectivity index (χ1v) is 16.5. The molecule has 0 unspecified atom stereocenters. The predicted molar refractivity (Wildman–Crippen MR) is 174 cm³/mol. The number of ether oxygens (including phenoxy) is 2. The van der Waals surface area contributed by atoms with Crippen molar-refractivity contribution in [2.24, 2.45) is 13.0 Å². The van der Waals surface area contributed by atoms with Crippen LogP contribution < -0.4 is 5.32 Å². The van der Waals surface area contributed by atoms with Gasteiger partial charge in [-0.05, 0) is 39.9 Å². The molecule has 1 aliphatic rings. The number of nitrogens with zero attached hydrogens (tertiary/aromatic N) is 3. The smallest absolute Gasteiger partial charge is 0.257 e. The highest BCUT2D eigenvalue weighted by Gasteiger charge is 2.38. The second-order valence-corrected chi connectivity index (χ2v) is 12.8. The highest BCUT2D eigenvalue weighted by molar-refractivity contribution is 7.99. The van der Waals surface area contributed by atoms with E-state index in [1.165, 1.54) is 11.8 Å². The largest absolute Gasteiger partial charge is 0.392 e. The molecule has 1 fully saturated rings. The van der Waals surface area contributed by atoms with Crippen LogP contribution in [0.5, 0.6) is 0 Å². The summed E-state index contributed by atoms with van der Waals surface area (Å²) in [4.78, 5) is 12.5. The van der Waals surface area contributed by atoms with Crippen molar-refractivity contribution in [1.82, 2.24) is 20.1 Å². The van der Waals surface area contributed by atoms with Crippen molar-refractivity contribution in [1.29, 1.82) is 0 Å². The first-order valence-electron chi connectivity index (χ1n) is 15.5. The number of hydrogen-bond acceptors (Lipinski definition) is 7. The zero-order chi connectivity index (χ0) is 35.5. The van der Waals surface area contributed by atoms with Crippen LogP contribution >= 0.6 is 11.8 Å². The molecular weight excluding hydrogens is 679 g/mol. The van der Waals surface area contributed by atoms with Crippen molar-refractivity contribution in [3.63, 3.8) is 0 Å². The zero-order valence-corrected chi connectivity index (χ0v) is 27.6. The summed E-state index contributed by atoms with van der Waals surface area (Å²) in [5.41, 5.74) is 2.92. The van der Waals surface area contributed by atoms with Crippen LogP contribution in [0.4, 0.5) is 22.0 Å². The molecule has 1 aromatic heterocycles. The Morgan fingerprint density at radius 1 is 0.860 bits per heavy atom. The highest BCUT2D eigenvalue weighted by Crippen LogP contribution is 2.43. The summed E-state index contributed by atoms with van der Waals surface area (Å²) in [6.45, 7) is 1.74. The highest BCUT2D eigenvalue weighted by atomic mass is 32.2. The van der Waals surface area contributed by atoms with Crippen LogP contribution in [0.1, 0.15) is 51.9 Å². The number of nitrogens with one attached hydrogen (secondary N) is 1. The third-order valence-corrected chi connectivity index (χ3v) is 9.60. The van der Waals surface area contributed by atoms with Gasteiger partial charge in [0.05, 0.1) is 18.8 Å². The van der Waals surface area contributed by atoms with Crippen LogP contribution in [0.15, 0.2) is 84.3 Å². The fraction of sp³-hybridized carbons (Fsp3) is 0.250. The number of amides is 1. The number of rotatable bonds is 10. The third-order valence-electron chi connectivity index (χ3n) is 8.48. The van der Waals surface area contributed by atoms with E-state index in [0.29, 0.717) is 11.3 Å².